The Morgan fingerprint density at radius 3 is 2.88 bits per heavy atom. The first kappa shape index (κ1) is 10.3. The summed E-state index contributed by atoms with van der Waals surface area (Å²) >= 11 is 0. The van der Waals surface area contributed by atoms with Crippen molar-refractivity contribution in [3.05, 3.63) is 29.2 Å². The standard InChI is InChI=1S/C12H13N3O2/c1-2-8-5-11-13-9(12(16)17)6-10(7-3-4-7)15(11)14-8/h5-7H,2-4H2,1H3,(H,16,17). The first-order chi connectivity index (χ1) is 8.19. The smallest absolute Gasteiger partial charge is 0.354 e. The van der Waals surface area contributed by atoms with Gasteiger partial charge in [-0.1, -0.05) is 6.92 Å². The molecule has 0 aliphatic heterocycles. The molecule has 5 heteroatoms. The number of aromatic carboxylic acids is 1. The maximum atomic E-state index is 11.0. The fraction of sp³-hybridized carbons (Fsp3) is 0.417. The van der Waals surface area contributed by atoms with Crippen molar-refractivity contribution in [1.29, 1.82) is 0 Å². The molecule has 3 rings (SSSR count). The van der Waals surface area contributed by atoms with Crippen molar-refractivity contribution in [3.8, 4) is 0 Å². The van der Waals surface area contributed by atoms with E-state index in [4.69, 9.17) is 5.11 Å². The van der Waals surface area contributed by atoms with Gasteiger partial charge >= 0.3 is 5.97 Å². The number of rotatable bonds is 3. The number of hydrogen-bond acceptors (Lipinski definition) is 3. The highest BCUT2D eigenvalue weighted by Gasteiger charge is 2.28. The van der Waals surface area contributed by atoms with Crippen LogP contribution < -0.4 is 0 Å². The Kier molecular flexibility index (Phi) is 2.14. The lowest BCUT2D eigenvalue weighted by molar-refractivity contribution is 0.0690. The molecule has 0 unspecified atom stereocenters. The maximum Gasteiger partial charge on any atom is 0.354 e. The SMILES string of the molecule is CCc1cc2nc(C(=O)O)cc(C3CC3)n2n1. The van der Waals surface area contributed by atoms with E-state index in [9.17, 15) is 4.79 Å². The number of nitrogens with zero attached hydrogens (tertiary/aromatic N) is 3. The van der Waals surface area contributed by atoms with Crippen LogP contribution in [0.3, 0.4) is 0 Å². The van der Waals surface area contributed by atoms with Crippen LogP contribution in [0.2, 0.25) is 0 Å². The number of hydrogen-bond donors (Lipinski definition) is 1. The highest BCUT2D eigenvalue weighted by molar-refractivity contribution is 5.86. The van der Waals surface area contributed by atoms with E-state index in [1.54, 1.807) is 10.6 Å². The van der Waals surface area contributed by atoms with Crippen LogP contribution in [0.1, 0.15) is 47.6 Å². The van der Waals surface area contributed by atoms with Crippen molar-refractivity contribution < 1.29 is 9.90 Å². The van der Waals surface area contributed by atoms with Crippen molar-refractivity contribution in [1.82, 2.24) is 14.6 Å². The average molecular weight is 231 g/mol. The zero-order chi connectivity index (χ0) is 12.0. The van der Waals surface area contributed by atoms with E-state index in [1.165, 1.54) is 0 Å². The quantitative estimate of drug-likeness (QED) is 0.875. The van der Waals surface area contributed by atoms with Crippen molar-refractivity contribution >= 4 is 11.6 Å². The van der Waals surface area contributed by atoms with Gasteiger partial charge < -0.3 is 5.11 Å². The summed E-state index contributed by atoms with van der Waals surface area (Å²) in [6, 6.07) is 3.51. The average Bonchev–Trinajstić information content (AvgIpc) is 3.06. The van der Waals surface area contributed by atoms with E-state index in [0.717, 1.165) is 30.7 Å². The molecule has 1 aliphatic rings. The Labute approximate surface area is 98.1 Å². The van der Waals surface area contributed by atoms with E-state index in [2.05, 4.69) is 10.1 Å². The van der Waals surface area contributed by atoms with Crippen molar-refractivity contribution in [2.45, 2.75) is 32.1 Å². The van der Waals surface area contributed by atoms with Crippen LogP contribution in [-0.4, -0.2) is 25.7 Å². The number of carboxylic acid groups (broad SMARTS) is 1. The van der Waals surface area contributed by atoms with Crippen LogP contribution in [0.4, 0.5) is 0 Å². The molecule has 1 fully saturated rings. The predicted octanol–water partition coefficient (Wildman–Crippen LogP) is 1.87. The van der Waals surface area contributed by atoms with Crippen LogP contribution in [0.5, 0.6) is 0 Å². The van der Waals surface area contributed by atoms with E-state index >= 15 is 0 Å². The molecule has 5 nitrogen and oxygen atoms in total. The molecule has 1 saturated carbocycles. The summed E-state index contributed by atoms with van der Waals surface area (Å²) in [4.78, 5) is 15.1. The summed E-state index contributed by atoms with van der Waals surface area (Å²) in [6.45, 7) is 2.02. The normalized spacial score (nSPS) is 15.4. The van der Waals surface area contributed by atoms with Gasteiger partial charge in [-0.05, 0) is 25.3 Å². The molecule has 0 saturated heterocycles. The monoisotopic (exact) mass is 231 g/mol. The van der Waals surface area contributed by atoms with Gasteiger partial charge in [0.2, 0.25) is 0 Å². The number of fused-ring (bicyclic) bond motifs is 1. The predicted molar refractivity (Wildman–Crippen MR) is 61.3 cm³/mol. The Balaban J connectivity index is 2.25. The molecule has 88 valence electrons. The second-order valence-electron chi connectivity index (χ2n) is 4.40. The summed E-state index contributed by atoms with van der Waals surface area (Å²) in [5.41, 5.74) is 2.68. The van der Waals surface area contributed by atoms with Crippen molar-refractivity contribution in [3.63, 3.8) is 0 Å². The minimum Gasteiger partial charge on any atom is -0.477 e. The van der Waals surface area contributed by atoms with Crippen LogP contribution in [0.15, 0.2) is 12.1 Å². The largest absolute Gasteiger partial charge is 0.477 e. The Bertz CT molecular complexity index is 599. The molecule has 1 aliphatic carbocycles. The van der Waals surface area contributed by atoms with Crippen LogP contribution in [0.25, 0.3) is 5.65 Å². The molecule has 0 atom stereocenters. The van der Waals surface area contributed by atoms with E-state index in [1.807, 2.05) is 13.0 Å². The molecule has 17 heavy (non-hydrogen) atoms. The van der Waals surface area contributed by atoms with Crippen molar-refractivity contribution in [2.75, 3.05) is 0 Å². The molecule has 0 radical (unpaired) electrons. The Hall–Kier alpha value is -1.91. The summed E-state index contributed by atoms with van der Waals surface area (Å²) in [5, 5.41) is 13.5. The number of carboxylic acids is 1. The van der Waals surface area contributed by atoms with E-state index in [-0.39, 0.29) is 5.69 Å². The van der Waals surface area contributed by atoms with Gasteiger partial charge in [0, 0.05) is 17.7 Å². The molecule has 2 aromatic rings. The van der Waals surface area contributed by atoms with Gasteiger partial charge in [0.05, 0.1) is 5.69 Å². The molecule has 1 N–H and O–H groups in total. The second-order valence-corrected chi connectivity index (χ2v) is 4.40. The lowest BCUT2D eigenvalue weighted by Crippen LogP contribution is -2.07. The van der Waals surface area contributed by atoms with Gasteiger partial charge in [-0.25, -0.2) is 14.3 Å². The fourth-order valence-corrected chi connectivity index (χ4v) is 2.00. The highest BCUT2D eigenvalue weighted by atomic mass is 16.4. The molecule has 2 heterocycles. The summed E-state index contributed by atoms with van der Waals surface area (Å²) in [7, 11) is 0. The van der Waals surface area contributed by atoms with E-state index in [0.29, 0.717) is 11.6 Å². The topological polar surface area (TPSA) is 67.5 Å². The van der Waals surface area contributed by atoms with Crippen molar-refractivity contribution in [2.24, 2.45) is 0 Å². The van der Waals surface area contributed by atoms with Crippen LogP contribution >= 0.6 is 0 Å². The molecule has 2 aromatic heterocycles. The second kappa shape index (κ2) is 3.55. The van der Waals surface area contributed by atoms with E-state index < -0.39 is 5.97 Å². The first-order valence-electron chi connectivity index (χ1n) is 5.82. The third kappa shape index (κ3) is 1.67. The highest BCUT2D eigenvalue weighted by Crippen LogP contribution is 2.40. The van der Waals surface area contributed by atoms with Gasteiger partial charge in [0.15, 0.2) is 11.3 Å². The number of aromatic nitrogens is 3. The summed E-state index contributed by atoms with van der Waals surface area (Å²) < 4.78 is 1.79. The maximum absolute atomic E-state index is 11.0. The molecule has 0 bridgehead atoms. The lowest BCUT2D eigenvalue weighted by atomic mass is 10.2. The zero-order valence-corrected chi connectivity index (χ0v) is 9.55. The molecule has 0 spiro atoms. The Morgan fingerprint density at radius 1 is 1.53 bits per heavy atom. The molecule has 0 aromatic carbocycles. The van der Waals surface area contributed by atoms with Crippen LogP contribution in [-0.2, 0) is 6.42 Å². The molecule has 0 amide bonds. The molecular formula is C12H13N3O2. The lowest BCUT2D eigenvalue weighted by Gasteiger charge is -2.03. The number of carbonyl (C=O) groups is 1. The van der Waals surface area contributed by atoms with Gasteiger partial charge in [-0.2, -0.15) is 5.10 Å². The molecular weight excluding hydrogens is 218 g/mol. The number of aryl methyl sites for hydroxylation is 1. The van der Waals surface area contributed by atoms with Gasteiger partial charge in [0.25, 0.3) is 0 Å². The van der Waals surface area contributed by atoms with Gasteiger partial charge in [-0.15, -0.1) is 0 Å². The van der Waals surface area contributed by atoms with Gasteiger partial charge in [0.1, 0.15) is 0 Å². The third-order valence-corrected chi connectivity index (χ3v) is 3.08. The minimum atomic E-state index is -0.978. The summed E-state index contributed by atoms with van der Waals surface area (Å²) in [6.07, 6.45) is 3.05. The summed E-state index contributed by atoms with van der Waals surface area (Å²) in [5.74, 6) is -0.531. The zero-order valence-electron chi connectivity index (χ0n) is 9.55. The third-order valence-electron chi connectivity index (χ3n) is 3.08. The fourth-order valence-electron chi connectivity index (χ4n) is 2.00. The first-order valence-corrected chi connectivity index (χ1v) is 5.82. The Morgan fingerprint density at radius 2 is 2.29 bits per heavy atom. The van der Waals surface area contributed by atoms with Gasteiger partial charge in [-0.3, -0.25) is 0 Å². The minimum absolute atomic E-state index is 0.113. The van der Waals surface area contributed by atoms with Crippen LogP contribution in [0, 0.1) is 0 Å².